The number of hydrogen-bond acceptors (Lipinski definition) is 3. The van der Waals surface area contributed by atoms with E-state index in [1.807, 2.05) is 0 Å². The van der Waals surface area contributed by atoms with Crippen molar-refractivity contribution >= 4 is 17.4 Å². The number of rotatable bonds is 0. The molecule has 3 nitrogen and oxygen atoms in total. The summed E-state index contributed by atoms with van der Waals surface area (Å²) in [7, 11) is 0. The molecule has 0 radical (unpaired) electrons. The minimum atomic E-state index is -0.401. The van der Waals surface area contributed by atoms with Crippen molar-refractivity contribution in [2.24, 2.45) is 0 Å². The van der Waals surface area contributed by atoms with Crippen molar-refractivity contribution in [3.05, 3.63) is 0 Å². The Hall–Kier alpha value is -0.350. The summed E-state index contributed by atoms with van der Waals surface area (Å²) >= 11 is 4.61. The standard InChI is InChI=1S/C4H7NO2S/c6-3-1-5-4(8)7-2-3/h3,6H,1-2H2,(H,5,8). The van der Waals surface area contributed by atoms with E-state index in [9.17, 15) is 0 Å². The molecule has 0 bridgehead atoms. The fourth-order valence-electron chi connectivity index (χ4n) is 0.483. The van der Waals surface area contributed by atoms with E-state index in [2.05, 4.69) is 17.5 Å². The van der Waals surface area contributed by atoms with Crippen LogP contribution in [-0.2, 0) is 4.74 Å². The number of β-amino-alcohol motifs (C(OH)–C–C–N with tert-alkyl or cyclic N) is 1. The van der Waals surface area contributed by atoms with Crippen LogP contribution in [-0.4, -0.2) is 29.5 Å². The van der Waals surface area contributed by atoms with E-state index in [1.54, 1.807) is 0 Å². The largest absolute Gasteiger partial charge is 0.468 e. The maximum Gasteiger partial charge on any atom is 0.256 e. The molecule has 0 spiro atoms. The van der Waals surface area contributed by atoms with Crippen LogP contribution in [0.25, 0.3) is 0 Å². The van der Waals surface area contributed by atoms with Gasteiger partial charge in [-0.05, 0) is 12.2 Å². The normalized spacial score (nSPS) is 28.6. The van der Waals surface area contributed by atoms with Gasteiger partial charge in [-0.15, -0.1) is 0 Å². The van der Waals surface area contributed by atoms with Crippen LogP contribution < -0.4 is 5.32 Å². The SMILES string of the molecule is OC1CNC(=S)OC1. The summed E-state index contributed by atoms with van der Waals surface area (Å²) in [6.45, 7) is 0.838. The number of hydrogen-bond donors (Lipinski definition) is 2. The van der Waals surface area contributed by atoms with E-state index in [-0.39, 0.29) is 0 Å². The molecule has 0 saturated carbocycles. The molecule has 4 heteroatoms. The van der Waals surface area contributed by atoms with E-state index in [0.717, 1.165) is 0 Å². The Labute approximate surface area is 52.6 Å². The molecule has 46 valence electrons. The van der Waals surface area contributed by atoms with E-state index >= 15 is 0 Å². The van der Waals surface area contributed by atoms with Crippen molar-refractivity contribution in [1.82, 2.24) is 5.32 Å². The first-order valence-electron chi connectivity index (χ1n) is 2.38. The minimum absolute atomic E-state index is 0.325. The summed E-state index contributed by atoms with van der Waals surface area (Å²) in [4.78, 5) is 0. The highest BCUT2D eigenvalue weighted by Crippen LogP contribution is 1.91. The molecular weight excluding hydrogens is 126 g/mol. The predicted molar refractivity (Wildman–Crippen MR) is 32.6 cm³/mol. The lowest BCUT2D eigenvalue weighted by Crippen LogP contribution is -2.41. The van der Waals surface area contributed by atoms with Gasteiger partial charge < -0.3 is 15.2 Å². The van der Waals surface area contributed by atoms with Gasteiger partial charge in [0.15, 0.2) is 0 Å². The molecule has 1 fully saturated rings. The zero-order chi connectivity index (χ0) is 5.98. The lowest BCUT2D eigenvalue weighted by Gasteiger charge is -2.19. The van der Waals surface area contributed by atoms with Crippen molar-refractivity contribution in [2.75, 3.05) is 13.2 Å². The lowest BCUT2D eigenvalue weighted by molar-refractivity contribution is 0.0828. The minimum Gasteiger partial charge on any atom is -0.468 e. The molecule has 2 N–H and O–H groups in total. The highest BCUT2D eigenvalue weighted by Gasteiger charge is 2.11. The van der Waals surface area contributed by atoms with E-state index in [4.69, 9.17) is 9.84 Å². The van der Waals surface area contributed by atoms with E-state index in [0.29, 0.717) is 18.3 Å². The Morgan fingerprint density at radius 1 is 1.88 bits per heavy atom. The molecule has 0 aromatic rings. The highest BCUT2D eigenvalue weighted by atomic mass is 32.1. The molecule has 1 unspecified atom stereocenters. The maximum atomic E-state index is 8.78. The van der Waals surface area contributed by atoms with Crippen molar-refractivity contribution < 1.29 is 9.84 Å². The van der Waals surface area contributed by atoms with Crippen LogP contribution in [0.3, 0.4) is 0 Å². The number of nitrogens with one attached hydrogen (secondary N) is 1. The molecule has 0 aromatic carbocycles. The summed E-state index contributed by atoms with van der Waals surface area (Å²) in [6, 6.07) is 0. The van der Waals surface area contributed by atoms with Crippen LogP contribution in [0.1, 0.15) is 0 Å². The van der Waals surface area contributed by atoms with Gasteiger partial charge in [-0.2, -0.15) is 0 Å². The van der Waals surface area contributed by atoms with Gasteiger partial charge in [-0.25, -0.2) is 0 Å². The Morgan fingerprint density at radius 2 is 2.62 bits per heavy atom. The van der Waals surface area contributed by atoms with Crippen molar-refractivity contribution in [2.45, 2.75) is 6.10 Å². The number of aliphatic hydroxyl groups is 1. The molecule has 0 aliphatic carbocycles. The van der Waals surface area contributed by atoms with Gasteiger partial charge in [0.25, 0.3) is 5.17 Å². The lowest BCUT2D eigenvalue weighted by atomic mass is 10.4. The van der Waals surface area contributed by atoms with Gasteiger partial charge in [0, 0.05) is 6.54 Å². The van der Waals surface area contributed by atoms with Gasteiger partial charge in [0.05, 0.1) is 0 Å². The number of aliphatic hydroxyl groups excluding tert-OH is 1. The third-order valence-corrected chi connectivity index (χ3v) is 1.15. The zero-order valence-electron chi connectivity index (χ0n) is 4.26. The second kappa shape index (κ2) is 2.28. The first-order valence-corrected chi connectivity index (χ1v) is 2.78. The van der Waals surface area contributed by atoms with Crippen LogP contribution in [0.15, 0.2) is 0 Å². The average molecular weight is 133 g/mol. The summed E-state index contributed by atoms with van der Waals surface area (Å²) in [5, 5.41) is 11.9. The van der Waals surface area contributed by atoms with Gasteiger partial charge in [-0.3, -0.25) is 0 Å². The summed E-state index contributed by atoms with van der Waals surface area (Å²) < 4.78 is 4.76. The predicted octanol–water partition coefficient (Wildman–Crippen LogP) is -0.748. The molecule has 0 aromatic heterocycles. The molecule has 1 rings (SSSR count). The summed E-state index contributed by atoms with van der Waals surface area (Å²) in [6.07, 6.45) is -0.401. The summed E-state index contributed by atoms with van der Waals surface area (Å²) in [5.41, 5.74) is 0. The van der Waals surface area contributed by atoms with Gasteiger partial charge in [0.1, 0.15) is 12.7 Å². The zero-order valence-corrected chi connectivity index (χ0v) is 5.07. The van der Waals surface area contributed by atoms with Crippen molar-refractivity contribution in [3.8, 4) is 0 Å². The number of thiocarbonyl (C=S) groups is 1. The smallest absolute Gasteiger partial charge is 0.256 e. The van der Waals surface area contributed by atoms with Crippen LogP contribution in [0, 0.1) is 0 Å². The van der Waals surface area contributed by atoms with E-state index < -0.39 is 6.10 Å². The number of ether oxygens (including phenoxy) is 1. The third-order valence-electron chi connectivity index (χ3n) is 0.889. The molecule has 0 amide bonds. The molecule has 1 heterocycles. The van der Waals surface area contributed by atoms with Gasteiger partial charge in [0.2, 0.25) is 0 Å². The molecular formula is C4H7NO2S. The second-order valence-corrected chi connectivity index (χ2v) is 2.00. The molecule has 1 atom stereocenters. The molecule has 1 aliphatic heterocycles. The maximum absolute atomic E-state index is 8.78. The fraction of sp³-hybridized carbons (Fsp3) is 0.750. The first-order chi connectivity index (χ1) is 3.79. The molecule has 8 heavy (non-hydrogen) atoms. The quantitative estimate of drug-likeness (QED) is 0.427. The van der Waals surface area contributed by atoms with Crippen molar-refractivity contribution in [1.29, 1.82) is 0 Å². The average Bonchev–Trinajstić information content (AvgIpc) is 1.77. The van der Waals surface area contributed by atoms with Crippen molar-refractivity contribution in [3.63, 3.8) is 0 Å². The summed E-state index contributed by atoms with van der Waals surface area (Å²) in [5.74, 6) is 0. The van der Waals surface area contributed by atoms with E-state index in [1.165, 1.54) is 0 Å². The van der Waals surface area contributed by atoms with Crippen LogP contribution in [0.2, 0.25) is 0 Å². The Morgan fingerprint density at radius 3 is 3.00 bits per heavy atom. The fourth-order valence-corrected chi connectivity index (χ4v) is 0.634. The van der Waals surface area contributed by atoms with Crippen LogP contribution in [0.4, 0.5) is 0 Å². The monoisotopic (exact) mass is 133 g/mol. The molecule has 1 saturated heterocycles. The highest BCUT2D eigenvalue weighted by molar-refractivity contribution is 7.80. The molecule has 1 aliphatic rings. The Balaban J connectivity index is 2.29. The second-order valence-electron chi connectivity index (χ2n) is 1.63. The van der Waals surface area contributed by atoms with Gasteiger partial charge >= 0.3 is 0 Å². The topological polar surface area (TPSA) is 41.5 Å². The Bertz CT molecular complexity index is 96.2. The first kappa shape index (κ1) is 5.78. The van der Waals surface area contributed by atoms with Crippen LogP contribution in [0.5, 0.6) is 0 Å². The Kier molecular flexibility index (Phi) is 1.65. The van der Waals surface area contributed by atoms with Crippen LogP contribution >= 0.6 is 12.2 Å². The van der Waals surface area contributed by atoms with Gasteiger partial charge in [-0.1, -0.05) is 0 Å². The third kappa shape index (κ3) is 1.31.